The highest BCUT2D eigenvalue weighted by molar-refractivity contribution is 5.95. The van der Waals surface area contributed by atoms with Gasteiger partial charge in [-0.3, -0.25) is 0 Å². The lowest BCUT2D eigenvalue weighted by atomic mass is 10.0. The molecule has 1 aliphatic heterocycles. The van der Waals surface area contributed by atoms with E-state index in [2.05, 4.69) is 26.9 Å². The first-order valence-corrected chi connectivity index (χ1v) is 6.30. The van der Waals surface area contributed by atoms with Gasteiger partial charge in [-0.05, 0) is 24.8 Å². The SMILES string of the molecule is CCCC1CCN(c2nccc(/C(N)=N/O)n2)C1. The molecule has 0 saturated carbocycles. The smallest absolute Gasteiger partial charge is 0.225 e. The maximum Gasteiger partial charge on any atom is 0.225 e. The summed E-state index contributed by atoms with van der Waals surface area (Å²) in [7, 11) is 0. The normalized spacial score (nSPS) is 20.4. The summed E-state index contributed by atoms with van der Waals surface area (Å²) < 4.78 is 0. The molecule has 2 heterocycles. The molecule has 0 amide bonds. The minimum absolute atomic E-state index is 0.0166. The molecule has 1 saturated heterocycles. The lowest BCUT2D eigenvalue weighted by molar-refractivity contribution is 0.318. The Bertz CT molecular complexity index is 434. The molecule has 1 fully saturated rings. The molecule has 6 nitrogen and oxygen atoms in total. The van der Waals surface area contributed by atoms with E-state index in [0.717, 1.165) is 19.0 Å². The molecular weight excluding hydrogens is 230 g/mol. The Morgan fingerprint density at radius 3 is 3.22 bits per heavy atom. The molecule has 0 aromatic carbocycles. The minimum atomic E-state index is 0.0166. The van der Waals surface area contributed by atoms with Gasteiger partial charge < -0.3 is 15.8 Å². The molecule has 0 spiro atoms. The van der Waals surface area contributed by atoms with Crippen LogP contribution in [-0.4, -0.2) is 34.1 Å². The molecule has 1 aromatic heterocycles. The molecule has 1 unspecified atom stereocenters. The fourth-order valence-electron chi connectivity index (χ4n) is 2.35. The maximum atomic E-state index is 8.65. The van der Waals surface area contributed by atoms with Gasteiger partial charge in [0, 0.05) is 19.3 Å². The quantitative estimate of drug-likeness (QED) is 0.362. The highest BCUT2D eigenvalue weighted by atomic mass is 16.4. The van der Waals surface area contributed by atoms with Crippen LogP contribution in [0.3, 0.4) is 0 Å². The van der Waals surface area contributed by atoms with Gasteiger partial charge in [-0.25, -0.2) is 9.97 Å². The Kier molecular flexibility index (Phi) is 3.96. The number of amidine groups is 1. The van der Waals surface area contributed by atoms with Gasteiger partial charge in [0.15, 0.2) is 5.84 Å². The first-order valence-electron chi connectivity index (χ1n) is 6.30. The predicted octanol–water partition coefficient (Wildman–Crippen LogP) is 1.20. The molecule has 0 radical (unpaired) electrons. The van der Waals surface area contributed by atoms with E-state index in [-0.39, 0.29) is 5.84 Å². The van der Waals surface area contributed by atoms with Gasteiger partial charge in [-0.2, -0.15) is 0 Å². The molecule has 18 heavy (non-hydrogen) atoms. The van der Waals surface area contributed by atoms with Crippen LogP contribution in [0.2, 0.25) is 0 Å². The van der Waals surface area contributed by atoms with E-state index >= 15 is 0 Å². The highest BCUT2D eigenvalue weighted by Crippen LogP contribution is 2.23. The number of aromatic nitrogens is 2. The molecule has 3 N–H and O–H groups in total. The molecule has 1 aromatic rings. The topological polar surface area (TPSA) is 87.6 Å². The zero-order chi connectivity index (χ0) is 13.0. The monoisotopic (exact) mass is 249 g/mol. The number of rotatable bonds is 4. The summed E-state index contributed by atoms with van der Waals surface area (Å²) in [4.78, 5) is 10.7. The standard InChI is InChI=1S/C12H19N5O/c1-2-3-9-5-7-17(8-9)12-14-6-4-10(15-12)11(13)16-18/h4,6,9,18H,2-3,5,7-8H2,1H3,(H2,13,16). The van der Waals surface area contributed by atoms with Crippen molar-refractivity contribution in [3.8, 4) is 0 Å². The third-order valence-electron chi connectivity index (χ3n) is 3.28. The molecule has 2 rings (SSSR count). The summed E-state index contributed by atoms with van der Waals surface area (Å²) in [6.07, 6.45) is 5.29. The van der Waals surface area contributed by atoms with Crippen molar-refractivity contribution in [2.75, 3.05) is 18.0 Å². The Morgan fingerprint density at radius 1 is 1.67 bits per heavy atom. The molecule has 1 aliphatic rings. The van der Waals surface area contributed by atoms with Crippen LogP contribution in [0.25, 0.3) is 0 Å². The van der Waals surface area contributed by atoms with Crippen LogP contribution >= 0.6 is 0 Å². The summed E-state index contributed by atoms with van der Waals surface area (Å²) in [5.41, 5.74) is 5.99. The fourth-order valence-corrected chi connectivity index (χ4v) is 2.35. The zero-order valence-electron chi connectivity index (χ0n) is 10.6. The van der Waals surface area contributed by atoms with Gasteiger partial charge in [0.25, 0.3) is 0 Å². The van der Waals surface area contributed by atoms with Crippen LogP contribution in [0.1, 0.15) is 31.9 Å². The largest absolute Gasteiger partial charge is 0.409 e. The summed E-state index contributed by atoms with van der Waals surface area (Å²) in [6, 6.07) is 1.64. The summed E-state index contributed by atoms with van der Waals surface area (Å²) >= 11 is 0. The predicted molar refractivity (Wildman–Crippen MR) is 69.8 cm³/mol. The fraction of sp³-hybridized carbons (Fsp3) is 0.583. The van der Waals surface area contributed by atoms with Gasteiger partial charge in [-0.1, -0.05) is 18.5 Å². The van der Waals surface area contributed by atoms with Crippen LogP contribution in [-0.2, 0) is 0 Å². The van der Waals surface area contributed by atoms with Crippen LogP contribution in [0, 0.1) is 5.92 Å². The second-order valence-corrected chi connectivity index (χ2v) is 4.62. The first kappa shape index (κ1) is 12.6. The molecule has 0 bridgehead atoms. The second kappa shape index (κ2) is 5.66. The average molecular weight is 249 g/mol. The van der Waals surface area contributed by atoms with E-state index in [1.54, 1.807) is 12.3 Å². The Morgan fingerprint density at radius 2 is 2.50 bits per heavy atom. The van der Waals surface area contributed by atoms with Crippen LogP contribution in [0.4, 0.5) is 5.95 Å². The van der Waals surface area contributed by atoms with Crippen molar-refractivity contribution < 1.29 is 5.21 Å². The van der Waals surface area contributed by atoms with Crippen LogP contribution in [0.5, 0.6) is 0 Å². The van der Waals surface area contributed by atoms with E-state index in [0.29, 0.717) is 11.6 Å². The lowest BCUT2D eigenvalue weighted by Crippen LogP contribution is -2.24. The van der Waals surface area contributed by atoms with E-state index in [1.807, 2.05) is 0 Å². The highest BCUT2D eigenvalue weighted by Gasteiger charge is 2.23. The number of nitrogens with zero attached hydrogens (tertiary/aromatic N) is 4. The average Bonchev–Trinajstić information content (AvgIpc) is 2.87. The van der Waals surface area contributed by atoms with Crippen molar-refractivity contribution in [2.45, 2.75) is 26.2 Å². The van der Waals surface area contributed by atoms with Gasteiger partial charge in [0.2, 0.25) is 5.95 Å². The van der Waals surface area contributed by atoms with E-state index < -0.39 is 0 Å². The Hall–Kier alpha value is -1.85. The minimum Gasteiger partial charge on any atom is -0.409 e. The zero-order valence-corrected chi connectivity index (χ0v) is 10.6. The third-order valence-corrected chi connectivity index (χ3v) is 3.28. The van der Waals surface area contributed by atoms with E-state index in [1.165, 1.54) is 19.3 Å². The molecule has 1 atom stereocenters. The molecular formula is C12H19N5O. The van der Waals surface area contributed by atoms with Crippen molar-refractivity contribution >= 4 is 11.8 Å². The number of oxime groups is 1. The number of hydrogen-bond acceptors (Lipinski definition) is 5. The van der Waals surface area contributed by atoms with Crippen molar-refractivity contribution in [2.24, 2.45) is 16.8 Å². The second-order valence-electron chi connectivity index (χ2n) is 4.62. The van der Waals surface area contributed by atoms with Crippen molar-refractivity contribution in [3.63, 3.8) is 0 Å². The van der Waals surface area contributed by atoms with Crippen molar-refractivity contribution in [1.29, 1.82) is 0 Å². The summed E-state index contributed by atoms with van der Waals surface area (Å²) in [6.45, 7) is 4.18. The van der Waals surface area contributed by atoms with E-state index in [9.17, 15) is 0 Å². The summed E-state index contributed by atoms with van der Waals surface area (Å²) in [5.74, 6) is 1.41. The number of nitrogens with two attached hydrogens (primary N) is 1. The molecule has 6 heteroatoms. The third kappa shape index (κ3) is 2.69. The maximum absolute atomic E-state index is 8.65. The van der Waals surface area contributed by atoms with Crippen molar-refractivity contribution in [1.82, 2.24) is 9.97 Å². The molecule has 98 valence electrons. The lowest BCUT2D eigenvalue weighted by Gasteiger charge is -2.16. The first-order chi connectivity index (χ1) is 8.74. The van der Waals surface area contributed by atoms with Crippen molar-refractivity contribution in [3.05, 3.63) is 18.0 Å². The number of hydrogen-bond donors (Lipinski definition) is 2. The van der Waals surface area contributed by atoms with Gasteiger partial charge >= 0.3 is 0 Å². The van der Waals surface area contributed by atoms with E-state index in [4.69, 9.17) is 10.9 Å². The van der Waals surface area contributed by atoms with Crippen LogP contribution < -0.4 is 10.6 Å². The van der Waals surface area contributed by atoms with Gasteiger partial charge in [0.05, 0.1) is 0 Å². The van der Waals surface area contributed by atoms with Gasteiger partial charge in [-0.15, -0.1) is 0 Å². The van der Waals surface area contributed by atoms with Gasteiger partial charge in [0.1, 0.15) is 5.69 Å². The summed E-state index contributed by atoms with van der Waals surface area (Å²) in [5, 5.41) is 11.6. The van der Waals surface area contributed by atoms with Crippen LogP contribution in [0.15, 0.2) is 17.4 Å². The molecule has 0 aliphatic carbocycles. The Labute approximate surface area is 107 Å². The number of anilines is 1. The Balaban J connectivity index is 2.10.